The van der Waals surface area contributed by atoms with Gasteiger partial charge in [0.05, 0.1) is 5.69 Å². The van der Waals surface area contributed by atoms with Crippen LogP contribution in [0.3, 0.4) is 0 Å². The molecule has 3 N–H and O–H groups in total. The van der Waals surface area contributed by atoms with E-state index in [-0.39, 0.29) is 18.2 Å². The van der Waals surface area contributed by atoms with Crippen LogP contribution in [0.4, 0.5) is 5.95 Å². The van der Waals surface area contributed by atoms with Crippen LogP contribution >= 0.6 is 0 Å². The second-order valence-electron chi connectivity index (χ2n) is 8.19. The highest BCUT2D eigenvalue weighted by atomic mass is 16.2. The standard InChI is InChI=1S/C22H24N6O3/c29-19-5-4-18(20(30)27-19)28-12-16-13(2-1-3-15(16)21(28)31)11-25-22-24-9-7-17(26-22)14-6-8-23-10-14/h1-3,7,9,14,18,23H,4-6,8,10-12H2,(H,24,25,26)(H,27,29,30). The van der Waals surface area contributed by atoms with Crippen molar-refractivity contribution in [3.8, 4) is 0 Å². The van der Waals surface area contributed by atoms with Crippen molar-refractivity contribution < 1.29 is 14.4 Å². The molecule has 0 bridgehead atoms. The fraction of sp³-hybridized carbons (Fsp3) is 0.409. The molecule has 4 heterocycles. The molecule has 0 radical (unpaired) electrons. The lowest BCUT2D eigenvalue weighted by Gasteiger charge is -2.29. The van der Waals surface area contributed by atoms with Crippen LogP contribution in [-0.4, -0.2) is 51.7 Å². The van der Waals surface area contributed by atoms with Gasteiger partial charge in [0.15, 0.2) is 0 Å². The zero-order chi connectivity index (χ0) is 21.4. The summed E-state index contributed by atoms with van der Waals surface area (Å²) in [6, 6.07) is 6.95. The van der Waals surface area contributed by atoms with Crippen LogP contribution in [0.1, 0.15) is 52.4 Å². The molecule has 3 amide bonds. The minimum absolute atomic E-state index is 0.168. The molecule has 2 aromatic rings. The van der Waals surface area contributed by atoms with Gasteiger partial charge in [0.2, 0.25) is 17.8 Å². The maximum Gasteiger partial charge on any atom is 0.255 e. The minimum atomic E-state index is -0.613. The summed E-state index contributed by atoms with van der Waals surface area (Å²) < 4.78 is 0. The number of aromatic nitrogens is 2. The van der Waals surface area contributed by atoms with E-state index in [1.54, 1.807) is 17.2 Å². The van der Waals surface area contributed by atoms with Gasteiger partial charge >= 0.3 is 0 Å². The van der Waals surface area contributed by atoms with Crippen molar-refractivity contribution in [2.24, 2.45) is 0 Å². The Morgan fingerprint density at radius 1 is 1.16 bits per heavy atom. The largest absolute Gasteiger partial charge is 0.350 e. The van der Waals surface area contributed by atoms with Gasteiger partial charge in [-0.25, -0.2) is 9.97 Å². The third-order valence-electron chi connectivity index (χ3n) is 6.27. The van der Waals surface area contributed by atoms with E-state index in [4.69, 9.17) is 0 Å². The number of piperidine rings is 1. The number of nitrogens with one attached hydrogen (secondary N) is 3. The number of carbonyl (C=O) groups is 3. The lowest BCUT2D eigenvalue weighted by molar-refractivity contribution is -0.136. The molecule has 3 aliphatic heterocycles. The maximum atomic E-state index is 13.0. The van der Waals surface area contributed by atoms with E-state index in [2.05, 4.69) is 25.9 Å². The molecule has 2 fully saturated rings. The van der Waals surface area contributed by atoms with E-state index in [9.17, 15) is 14.4 Å². The molecule has 0 saturated carbocycles. The zero-order valence-corrected chi connectivity index (χ0v) is 17.1. The normalized spacial score (nSPS) is 23.1. The van der Waals surface area contributed by atoms with Crippen LogP contribution in [-0.2, 0) is 22.7 Å². The average Bonchev–Trinajstić information content (AvgIpc) is 3.42. The number of benzene rings is 1. The predicted octanol–water partition coefficient (Wildman–Crippen LogP) is 0.927. The molecule has 31 heavy (non-hydrogen) atoms. The molecule has 0 aliphatic carbocycles. The van der Waals surface area contributed by atoms with Crippen molar-refractivity contribution >= 4 is 23.7 Å². The predicted molar refractivity (Wildman–Crippen MR) is 112 cm³/mol. The third-order valence-corrected chi connectivity index (χ3v) is 6.27. The minimum Gasteiger partial charge on any atom is -0.350 e. The summed E-state index contributed by atoms with van der Waals surface area (Å²) in [5.74, 6) is 0.116. The SMILES string of the molecule is O=C1CCC(N2Cc3c(CNc4nccc(C5CCNC5)n4)cccc3C2=O)C(=O)N1. The highest BCUT2D eigenvalue weighted by Crippen LogP contribution is 2.30. The Balaban J connectivity index is 1.31. The van der Waals surface area contributed by atoms with Crippen LogP contribution in [0.25, 0.3) is 0 Å². The number of amides is 3. The number of carbonyl (C=O) groups excluding carboxylic acids is 3. The summed E-state index contributed by atoms with van der Waals surface area (Å²) in [5.41, 5.74) is 3.51. The second-order valence-corrected chi connectivity index (χ2v) is 8.19. The van der Waals surface area contributed by atoms with Crippen molar-refractivity contribution in [3.63, 3.8) is 0 Å². The number of imide groups is 1. The van der Waals surface area contributed by atoms with Gasteiger partial charge in [0, 0.05) is 43.7 Å². The van der Waals surface area contributed by atoms with Crippen LogP contribution in [0.15, 0.2) is 30.5 Å². The molecule has 1 aromatic carbocycles. The molecule has 2 unspecified atom stereocenters. The Kier molecular flexibility index (Phi) is 5.11. The topological polar surface area (TPSA) is 116 Å². The third kappa shape index (κ3) is 3.76. The Morgan fingerprint density at radius 3 is 2.87 bits per heavy atom. The Labute approximate surface area is 179 Å². The molecule has 160 valence electrons. The molecular formula is C22H24N6O3. The zero-order valence-electron chi connectivity index (χ0n) is 17.1. The van der Waals surface area contributed by atoms with Gasteiger partial charge in [-0.2, -0.15) is 0 Å². The fourth-order valence-corrected chi connectivity index (χ4v) is 4.58. The molecule has 2 atom stereocenters. The van der Waals surface area contributed by atoms with E-state index in [0.717, 1.165) is 36.3 Å². The van der Waals surface area contributed by atoms with Crippen molar-refractivity contribution in [2.75, 3.05) is 18.4 Å². The van der Waals surface area contributed by atoms with Gasteiger partial charge in [-0.1, -0.05) is 12.1 Å². The number of nitrogens with zero attached hydrogens (tertiary/aromatic N) is 3. The fourth-order valence-electron chi connectivity index (χ4n) is 4.58. The highest BCUT2D eigenvalue weighted by molar-refractivity contribution is 6.05. The Bertz CT molecular complexity index is 1050. The van der Waals surface area contributed by atoms with Gasteiger partial charge in [0.25, 0.3) is 5.91 Å². The number of hydrogen-bond acceptors (Lipinski definition) is 7. The molecule has 1 aromatic heterocycles. The first-order chi connectivity index (χ1) is 15.1. The van der Waals surface area contributed by atoms with Crippen molar-refractivity contribution in [3.05, 3.63) is 52.8 Å². The lowest BCUT2D eigenvalue weighted by atomic mass is 10.0. The second kappa shape index (κ2) is 8.07. The first kappa shape index (κ1) is 19.6. The van der Waals surface area contributed by atoms with Crippen molar-refractivity contribution in [1.29, 1.82) is 0 Å². The molecule has 0 spiro atoms. The van der Waals surface area contributed by atoms with Gasteiger partial charge < -0.3 is 15.5 Å². The average molecular weight is 420 g/mol. The van der Waals surface area contributed by atoms with E-state index in [1.807, 2.05) is 18.2 Å². The van der Waals surface area contributed by atoms with Crippen LogP contribution < -0.4 is 16.0 Å². The smallest absolute Gasteiger partial charge is 0.255 e. The maximum absolute atomic E-state index is 13.0. The summed E-state index contributed by atoms with van der Waals surface area (Å²) in [7, 11) is 0. The summed E-state index contributed by atoms with van der Waals surface area (Å²) in [6.07, 6.45) is 3.44. The van der Waals surface area contributed by atoms with Crippen molar-refractivity contribution in [1.82, 2.24) is 25.5 Å². The Hall–Kier alpha value is -3.33. The van der Waals surface area contributed by atoms with Gasteiger partial charge in [-0.05, 0) is 42.6 Å². The molecule has 3 aliphatic rings. The first-order valence-corrected chi connectivity index (χ1v) is 10.6. The van der Waals surface area contributed by atoms with E-state index in [1.165, 1.54) is 0 Å². The molecule has 9 nitrogen and oxygen atoms in total. The number of anilines is 1. The van der Waals surface area contributed by atoms with Crippen molar-refractivity contribution in [2.45, 2.75) is 44.3 Å². The molecule has 9 heteroatoms. The summed E-state index contributed by atoms with van der Waals surface area (Å²) >= 11 is 0. The number of hydrogen-bond donors (Lipinski definition) is 3. The number of fused-ring (bicyclic) bond motifs is 1. The van der Waals surface area contributed by atoms with Crippen LogP contribution in [0, 0.1) is 0 Å². The summed E-state index contributed by atoms with van der Waals surface area (Å²) in [6.45, 7) is 2.77. The lowest BCUT2D eigenvalue weighted by Crippen LogP contribution is -2.52. The van der Waals surface area contributed by atoms with Gasteiger partial charge in [-0.3, -0.25) is 19.7 Å². The van der Waals surface area contributed by atoms with E-state index in [0.29, 0.717) is 36.9 Å². The monoisotopic (exact) mass is 420 g/mol. The van der Waals surface area contributed by atoms with Gasteiger partial charge in [-0.15, -0.1) is 0 Å². The van der Waals surface area contributed by atoms with Crippen LogP contribution in [0.2, 0.25) is 0 Å². The van der Waals surface area contributed by atoms with E-state index >= 15 is 0 Å². The van der Waals surface area contributed by atoms with E-state index < -0.39 is 11.9 Å². The molecule has 2 saturated heterocycles. The van der Waals surface area contributed by atoms with Gasteiger partial charge in [0.1, 0.15) is 6.04 Å². The highest BCUT2D eigenvalue weighted by Gasteiger charge is 2.39. The summed E-state index contributed by atoms with van der Waals surface area (Å²) in [5, 5.41) is 8.97. The Morgan fingerprint density at radius 2 is 2.06 bits per heavy atom. The quantitative estimate of drug-likeness (QED) is 0.616. The number of rotatable bonds is 5. The first-order valence-electron chi connectivity index (χ1n) is 10.6. The molecular weight excluding hydrogens is 396 g/mol. The summed E-state index contributed by atoms with van der Waals surface area (Å²) in [4.78, 5) is 47.2. The molecule has 5 rings (SSSR count). The van der Waals surface area contributed by atoms with Crippen LogP contribution in [0.5, 0.6) is 0 Å².